The monoisotopic (exact) mass is 293 g/mol. The molecule has 20 heavy (non-hydrogen) atoms. The van der Waals surface area contributed by atoms with E-state index in [4.69, 9.17) is 0 Å². The molecule has 2 nitrogen and oxygen atoms in total. The summed E-state index contributed by atoms with van der Waals surface area (Å²) >= 11 is 1.59. The fourth-order valence-corrected chi connectivity index (χ4v) is 4.31. The Kier molecular flexibility index (Phi) is 4.29. The topological polar surface area (TPSA) is 29.1 Å². The average Bonchev–Trinajstić information content (AvgIpc) is 3.03. The molecule has 0 aromatic heterocycles. The lowest BCUT2D eigenvalue weighted by Gasteiger charge is -2.22. The highest BCUT2D eigenvalue weighted by Crippen LogP contribution is 2.44. The van der Waals surface area contributed by atoms with E-state index in [-0.39, 0.29) is 11.7 Å². The van der Waals surface area contributed by atoms with Crippen molar-refractivity contribution in [2.24, 2.45) is 11.8 Å². The van der Waals surface area contributed by atoms with E-state index in [1.165, 1.54) is 37.8 Å². The van der Waals surface area contributed by atoms with Crippen LogP contribution >= 0.6 is 11.8 Å². The quantitative estimate of drug-likeness (QED) is 0.902. The first-order chi connectivity index (χ1) is 9.70. The van der Waals surface area contributed by atoms with Crippen molar-refractivity contribution in [1.29, 1.82) is 0 Å². The standard InChI is InChI=1S/C16H20FNOS/c17-14-5-2-11(3-6-14)9-20-10-16(19)18-15-8-12-1-4-13(15)7-12/h2-3,5-6,12-13,15H,1,4,7-10H2,(H,18,19)/t12-,13-,15+/m1/s1. The molecule has 0 spiro atoms. The number of benzene rings is 1. The third-order valence-electron chi connectivity index (χ3n) is 4.50. The molecule has 1 aromatic rings. The summed E-state index contributed by atoms with van der Waals surface area (Å²) in [5.41, 5.74) is 1.06. The second-order valence-electron chi connectivity index (χ2n) is 5.97. The third kappa shape index (κ3) is 3.35. The van der Waals surface area contributed by atoms with Crippen molar-refractivity contribution in [2.75, 3.05) is 5.75 Å². The minimum atomic E-state index is -0.215. The summed E-state index contributed by atoms with van der Waals surface area (Å²) < 4.78 is 12.8. The molecule has 2 saturated carbocycles. The van der Waals surface area contributed by atoms with E-state index in [0.717, 1.165) is 23.2 Å². The minimum Gasteiger partial charge on any atom is -0.352 e. The lowest BCUT2D eigenvalue weighted by atomic mass is 9.95. The zero-order valence-electron chi connectivity index (χ0n) is 11.5. The van der Waals surface area contributed by atoms with Crippen LogP contribution in [0.4, 0.5) is 4.39 Å². The van der Waals surface area contributed by atoms with Gasteiger partial charge in [0.05, 0.1) is 5.75 Å². The number of amides is 1. The number of thioether (sulfide) groups is 1. The zero-order chi connectivity index (χ0) is 13.9. The Labute approximate surface area is 123 Å². The Morgan fingerprint density at radius 3 is 2.70 bits per heavy atom. The van der Waals surface area contributed by atoms with E-state index >= 15 is 0 Å². The summed E-state index contributed by atoms with van der Waals surface area (Å²) in [5, 5.41) is 3.19. The van der Waals surface area contributed by atoms with Crippen molar-refractivity contribution in [3.8, 4) is 0 Å². The van der Waals surface area contributed by atoms with Crippen LogP contribution in [-0.2, 0) is 10.5 Å². The Bertz CT molecular complexity index is 476. The molecule has 1 N–H and O–H groups in total. The van der Waals surface area contributed by atoms with E-state index < -0.39 is 0 Å². The van der Waals surface area contributed by atoms with Gasteiger partial charge in [0.2, 0.25) is 5.91 Å². The van der Waals surface area contributed by atoms with Crippen LogP contribution in [-0.4, -0.2) is 17.7 Å². The number of carbonyl (C=O) groups is 1. The highest BCUT2D eigenvalue weighted by Gasteiger charge is 2.39. The highest BCUT2D eigenvalue weighted by molar-refractivity contribution is 7.99. The molecular formula is C16H20FNOS. The normalized spacial score (nSPS) is 27.8. The molecule has 2 fully saturated rings. The molecule has 0 heterocycles. The van der Waals surface area contributed by atoms with Crippen LogP contribution in [0.5, 0.6) is 0 Å². The third-order valence-corrected chi connectivity index (χ3v) is 5.50. The Morgan fingerprint density at radius 2 is 2.05 bits per heavy atom. The molecule has 0 unspecified atom stereocenters. The van der Waals surface area contributed by atoms with Crippen molar-refractivity contribution in [3.05, 3.63) is 35.6 Å². The van der Waals surface area contributed by atoms with Gasteiger partial charge >= 0.3 is 0 Å². The molecule has 2 bridgehead atoms. The fraction of sp³-hybridized carbons (Fsp3) is 0.562. The molecule has 108 valence electrons. The van der Waals surface area contributed by atoms with Gasteiger partial charge in [-0.2, -0.15) is 0 Å². The van der Waals surface area contributed by atoms with Gasteiger partial charge in [-0.15, -0.1) is 11.8 Å². The van der Waals surface area contributed by atoms with Gasteiger partial charge in [-0.25, -0.2) is 4.39 Å². The first kappa shape index (κ1) is 13.9. The second-order valence-corrected chi connectivity index (χ2v) is 6.95. The number of nitrogens with one attached hydrogen (secondary N) is 1. The van der Waals surface area contributed by atoms with Crippen molar-refractivity contribution < 1.29 is 9.18 Å². The van der Waals surface area contributed by atoms with E-state index in [0.29, 0.717) is 11.8 Å². The summed E-state index contributed by atoms with van der Waals surface area (Å²) in [6.07, 6.45) is 5.14. The van der Waals surface area contributed by atoms with Gasteiger partial charge in [-0.3, -0.25) is 4.79 Å². The van der Waals surface area contributed by atoms with Gasteiger partial charge in [0.1, 0.15) is 5.82 Å². The molecule has 0 radical (unpaired) electrons. The summed E-state index contributed by atoms with van der Waals surface area (Å²) in [7, 11) is 0. The fourth-order valence-electron chi connectivity index (χ4n) is 3.51. The zero-order valence-corrected chi connectivity index (χ0v) is 12.3. The van der Waals surface area contributed by atoms with Crippen LogP contribution in [0.2, 0.25) is 0 Å². The summed E-state index contributed by atoms with van der Waals surface area (Å²) in [5.74, 6) is 2.76. The van der Waals surface area contributed by atoms with E-state index in [9.17, 15) is 9.18 Å². The van der Waals surface area contributed by atoms with Crippen LogP contribution in [0.15, 0.2) is 24.3 Å². The lowest BCUT2D eigenvalue weighted by Crippen LogP contribution is -2.39. The molecule has 3 atom stereocenters. The van der Waals surface area contributed by atoms with Gasteiger partial charge in [0, 0.05) is 11.8 Å². The summed E-state index contributed by atoms with van der Waals surface area (Å²) in [4.78, 5) is 11.9. The number of hydrogen-bond donors (Lipinski definition) is 1. The molecule has 1 aromatic carbocycles. The van der Waals surface area contributed by atoms with E-state index in [1.54, 1.807) is 23.9 Å². The molecule has 1 amide bonds. The second kappa shape index (κ2) is 6.17. The molecule has 3 rings (SSSR count). The Hall–Kier alpha value is -1.03. The van der Waals surface area contributed by atoms with Gasteiger partial charge in [0.15, 0.2) is 0 Å². The van der Waals surface area contributed by atoms with Crippen LogP contribution in [0, 0.1) is 17.7 Å². The van der Waals surface area contributed by atoms with Crippen molar-refractivity contribution in [2.45, 2.75) is 37.5 Å². The predicted molar refractivity (Wildman–Crippen MR) is 79.9 cm³/mol. The van der Waals surface area contributed by atoms with Crippen LogP contribution < -0.4 is 5.32 Å². The smallest absolute Gasteiger partial charge is 0.230 e. The Balaban J connectivity index is 1.38. The van der Waals surface area contributed by atoms with Gasteiger partial charge in [-0.05, 0) is 48.8 Å². The number of halogens is 1. The van der Waals surface area contributed by atoms with Gasteiger partial charge < -0.3 is 5.32 Å². The number of carbonyl (C=O) groups excluding carboxylic acids is 1. The summed E-state index contributed by atoms with van der Waals surface area (Å²) in [6.45, 7) is 0. The largest absolute Gasteiger partial charge is 0.352 e. The van der Waals surface area contributed by atoms with Crippen molar-refractivity contribution in [1.82, 2.24) is 5.32 Å². The van der Waals surface area contributed by atoms with E-state index in [1.807, 2.05) is 0 Å². The average molecular weight is 293 g/mol. The summed E-state index contributed by atoms with van der Waals surface area (Å²) in [6, 6.07) is 6.90. The molecule has 2 aliphatic rings. The van der Waals surface area contributed by atoms with Crippen molar-refractivity contribution >= 4 is 17.7 Å². The molecule has 2 aliphatic carbocycles. The maximum absolute atomic E-state index is 12.8. The number of rotatable bonds is 5. The first-order valence-corrected chi connectivity index (χ1v) is 8.48. The number of fused-ring (bicyclic) bond motifs is 2. The first-order valence-electron chi connectivity index (χ1n) is 7.32. The molecule has 0 saturated heterocycles. The molecular weight excluding hydrogens is 273 g/mol. The maximum Gasteiger partial charge on any atom is 0.230 e. The molecule has 0 aliphatic heterocycles. The Morgan fingerprint density at radius 1 is 1.25 bits per heavy atom. The van der Waals surface area contributed by atoms with E-state index in [2.05, 4.69) is 5.32 Å². The van der Waals surface area contributed by atoms with Crippen LogP contribution in [0.1, 0.15) is 31.2 Å². The SMILES string of the molecule is O=C(CSCc1ccc(F)cc1)N[C@H]1C[C@@H]2CC[C@@H]1C2. The van der Waals surface area contributed by atoms with Crippen LogP contribution in [0.25, 0.3) is 0 Å². The predicted octanol–water partition coefficient (Wildman–Crippen LogP) is 3.36. The molecule has 4 heteroatoms. The highest BCUT2D eigenvalue weighted by atomic mass is 32.2. The van der Waals surface area contributed by atoms with Crippen LogP contribution in [0.3, 0.4) is 0 Å². The van der Waals surface area contributed by atoms with Gasteiger partial charge in [0.25, 0.3) is 0 Å². The van der Waals surface area contributed by atoms with Crippen molar-refractivity contribution in [3.63, 3.8) is 0 Å². The van der Waals surface area contributed by atoms with Gasteiger partial charge in [-0.1, -0.05) is 18.6 Å². The number of hydrogen-bond acceptors (Lipinski definition) is 2. The minimum absolute atomic E-state index is 0.148. The maximum atomic E-state index is 12.8. The lowest BCUT2D eigenvalue weighted by molar-refractivity contribution is -0.119.